The van der Waals surface area contributed by atoms with E-state index < -0.39 is 29.4 Å². The first kappa shape index (κ1) is 23.0. The normalized spacial score (nSPS) is 16.6. The van der Waals surface area contributed by atoms with Gasteiger partial charge in [0, 0.05) is 18.5 Å². The molecule has 0 saturated heterocycles. The number of urea groups is 1. The van der Waals surface area contributed by atoms with Crippen molar-refractivity contribution in [3.63, 3.8) is 0 Å². The molecule has 1 aliphatic heterocycles. The Morgan fingerprint density at radius 2 is 2.00 bits per heavy atom. The molecule has 1 aromatic heterocycles. The van der Waals surface area contributed by atoms with Gasteiger partial charge in [-0.25, -0.2) is 4.79 Å². The Hall–Kier alpha value is -2.68. The number of rotatable bonds is 5. The van der Waals surface area contributed by atoms with Crippen LogP contribution in [0.15, 0.2) is 46.0 Å². The number of amides is 2. The maximum atomic E-state index is 13.1. The van der Waals surface area contributed by atoms with E-state index in [2.05, 4.69) is 10.5 Å². The van der Waals surface area contributed by atoms with Gasteiger partial charge < -0.3 is 19.5 Å². The molecule has 0 bridgehead atoms. The van der Waals surface area contributed by atoms with Crippen molar-refractivity contribution in [1.29, 1.82) is 0 Å². The summed E-state index contributed by atoms with van der Waals surface area (Å²) >= 11 is 5.79. The summed E-state index contributed by atoms with van der Waals surface area (Å²) in [5.74, 6) is 0.469. The van der Waals surface area contributed by atoms with Gasteiger partial charge in [-0.15, -0.1) is 0 Å². The zero-order chi connectivity index (χ0) is 22.8. The summed E-state index contributed by atoms with van der Waals surface area (Å²) in [6, 6.07) is 7.75. The SMILES string of the molecule is CC(C)(C)NC(=O)N(Cc1cccc(C(F)(F)F)c1)C[C@@H]1CC(c2ccc(Cl)o2)=NO1. The predicted octanol–water partition coefficient (Wildman–Crippen LogP) is 5.46. The van der Waals surface area contributed by atoms with Crippen LogP contribution in [0.1, 0.15) is 44.1 Å². The summed E-state index contributed by atoms with van der Waals surface area (Å²) < 4.78 is 44.6. The Morgan fingerprint density at radius 3 is 2.61 bits per heavy atom. The van der Waals surface area contributed by atoms with Gasteiger partial charge in [0.15, 0.2) is 17.1 Å². The first-order valence-corrected chi connectivity index (χ1v) is 10.00. The molecule has 0 spiro atoms. The summed E-state index contributed by atoms with van der Waals surface area (Å²) in [5, 5.41) is 7.06. The largest absolute Gasteiger partial charge is 0.443 e. The van der Waals surface area contributed by atoms with Crippen molar-refractivity contribution < 1.29 is 27.2 Å². The zero-order valence-electron chi connectivity index (χ0n) is 17.3. The lowest BCUT2D eigenvalue weighted by Gasteiger charge is -2.30. The minimum absolute atomic E-state index is 0.0202. The number of alkyl halides is 3. The van der Waals surface area contributed by atoms with E-state index in [-0.39, 0.29) is 18.3 Å². The summed E-state index contributed by atoms with van der Waals surface area (Å²) in [4.78, 5) is 19.7. The second kappa shape index (κ2) is 8.82. The summed E-state index contributed by atoms with van der Waals surface area (Å²) in [6.07, 6.45) is -4.57. The molecule has 0 radical (unpaired) electrons. The van der Waals surface area contributed by atoms with Crippen molar-refractivity contribution in [2.24, 2.45) is 5.16 Å². The van der Waals surface area contributed by atoms with Crippen LogP contribution in [0.25, 0.3) is 0 Å². The molecule has 2 amide bonds. The third-order valence-electron chi connectivity index (χ3n) is 4.41. The molecular formula is C21H23ClF3N3O3. The Labute approximate surface area is 183 Å². The van der Waals surface area contributed by atoms with Crippen molar-refractivity contribution in [3.05, 3.63) is 58.5 Å². The van der Waals surface area contributed by atoms with Crippen LogP contribution < -0.4 is 5.32 Å². The molecule has 0 unspecified atom stereocenters. The molecule has 1 aromatic carbocycles. The van der Waals surface area contributed by atoms with E-state index in [1.807, 2.05) is 20.8 Å². The van der Waals surface area contributed by atoms with E-state index in [1.54, 1.807) is 18.2 Å². The summed E-state index contributed by atoms with van der Waals surface area (Å²) in [5.41, 5.74) is -0.381. The number of carbonyl (C=O) groups excluding carboxylic acids is 1. The first-order valence-electron chi connectivity index (χ1n) is 9.62. The number of carbonyl (C=O) groups is 1. The highest BCUT2D eigenvalue weighted by molar-refractivity contribution is 6.29. The highest BCUT2D eigenvalue weighted by Crippen LogP contribution is 2.30. The van der Waals surface area contributed by atoms with Crippen molar-refractivity contribution in [1.82, 2.24) is 10.2 Å². The molecule has 2 heterocycles. The predicted molar refractivity (Wildman–Crippen MR) is 110 cm³/mol. The van der Waals surface area contributed by atoms with Gasteiger partial charge >= 0.3 is 12.2 Å². The molecule has 1 N–H and O–H groups in total. The smallest absolute Gasteiger partial charge is 0.416 e. The molecule has 6 nitrogen and oxygen atoms in total. The van der Waals surface area contributed by atoms with Gasteiger partial charge in [-0.1, -0.05) is 17.3 Å². The number of halogens is 4. The molecule has 1 aliphatic rings. The number of hydrogen-bond acceptors (Lipinski definition) is 4. The molecule has 0 fully saturated rings. The number of furan rings is 1. The molecular weight excluding hydrogens is 435 g/mol. The molecule has 1 atom stereocenters. The van der Waals surface area contributed by atoms with E-state index in [0.717, 1.165) is 12.1 Å². The third-order valence-corrected chi connectivity index (χ3v) is 4.61. The number of nitrogens with zero attached hydrogens (tertiary/aromatic N) is 2. The zero-order valence-corrected chi connectivity index (χ0v) is 18.0. The van der Waals surface area contributed by atoms with Crippen molar-refractivity contribution in [2.75, 3.05) is 6.54 Å². The van der Waals surface area contributed by atoms with E-state index in [9.17, 15) is 18.0 Å². The van der Waals surface area contributed by atoms with Gasteiger partial charge in [-0.05, 0) is 62.2 Å². The lowest BCUT2D eigenvalue weighted by atomic mass is 10.1. The Balaban J connectivity index is 1.74. The highest BCUT2D eigenvalue weighted by Gasteiger charge is 2.32. The van der Waals surface area contributed by atoms with E-state index in [4.69, 9.17) is 20.9 Å². The lowest BCUT2D eigenvalue weighted by molar-refractivity contribution is -0.137. The quantitative estimate of drug-likeness (QED) is 0.648. The fraction of sp³-hybridized carbons (Fsp3) is 0.429. The molecule has 0 aliphatic carbocycles. The second-order valence-corrected chi connectivity index (χ2v) is 8.70. The van der Waals surface area contributed by atoms with Crippen molar-refractivity contribution in [2.45, 2.75) is 51.6 Å². The van der Waals surface area contributed by atoms with Gasteiger partial charge in [-0.2, -0.15) is 13.2 Å². The van der Waals surface area contributed by atoms with Crippen LogP contribution in [-0.2, 0) is 17.6 Å². The number of hydrogen-bond donors (Lipinski definition) is 1. The minimum Gasteiger partial charge on any atom is -0.443 e. The molecule has 168 valence electrons. The fourth-order valence-electron chi connectivity index (χ4n) is 3.07. The lowest BCUT2D eigenvalue weighted by Crippen LogP contribution is -2.50. The van der Waals surface area contributed by atoms with E-state index >= 15 is 0 Å². The fourth-order valence-corrected chi connectivity index (χ4v) is 3.22. The average molecular weight is 458 g/mol. The maximum absolute atomic E-state index is 13.1. The Kier molecular flexibility index (Phi) is 6.54. The summed E-state index contributed by atoms with van der Waals surface area (Å²) in [7, 11) is 0. The monoisotopic (exact) mass is 457 g/mol. The van der Waals surface area contributed by atoms with Gasteiger partial charge in [0.25, 0.3) is 0 Å². The van der Waals surface area contributed by atoms with Crippen LogP contribution in [0.3, 0.4) is 0 Å². The molecule has 31 heavy (non-hydrogen) atoms. The second-order valence-electron chi connectivity index (χ2n) is 8.33. The third kappa shape index (κ3) is 6.40. The van der Waals surface area contributed by atoms with E-state index in [0.29, 0.717) is 23.5 Å². The summed E-state index contributed by atoms with van der Waals surface area (Å²) in [6.45, 7) is 5.57. The van der Waals surface area contributed by atoms with Crippen molar-refractivity contribution >= 4 is 23.3 Å². The molecule has 0 saturated carbocycles. The Morgan fingerprint density at radius 1 is 1.26 bits per heavy atom. The molecule has 3 rings (SSSR count). The minimum atomic E-state index is -4.46. The van der Waals surface area contributed by atoms with Crippen LogP contribution in [0, 0.1) is 0 Å². The van der Waals surface area contributed by atoms with Gasteiger partial charge in [-0.3, -0.25) is 0 Å². The number of benzene rings is 1. The van der Waals surface area contributed by atoms with Gasteiger partial charge in [0.2, 0.25) is 0 Å². The van der Waals surface area contributed by atoms with Crippen LogP contribution in [0.4, 0.5) is 18.0 Å². The standard InChI is InChI=1S/C21H23ClF3N3O3/c1-20(2,3)26-19(29)28(11-13-5-4-6-14(9-13)21(23,24)25)12-15-10-16(27-31-15)17-7-8-18(22)30-17/h4-9,15H,10-12H2,1-3H3,(H,26,29)/t15-/m0/s1. The van der Waals surface area contributed by atoms with Crippen LogP contribution in [0.2, 0.25) is 5.22 Å². The van der Waals surface area contributed by atoms with Crippen molar-refractivity contribution in [3.8, 4) is 0 Å². The van der Waals surface area contributed by atoms with Gasteiger partial charge in [0.05, 0.1) is 12.1 Å². The first-order chi connectivity index (χ1) is 14.4. The highest BCUT2D eigenvalue weighted by atomic mass is 35.5. The van der Waals surface area contributed by atoms with Crippen LogP contribution >= 0.6 is 11.6 Å². The molecule has 2 aromatic rings. The molecule has 10 heteroatoms. The van der Waals surface area contributed by atoms with E-state index in [1.165, 1.54) is 11.0 Å². The van der Waals surface area contributed by atoms with Crippen LogP contribution in [0.5, 0.6) is 0 Å². The average Bonchev–Trinajstić information content (AvgIpc) is 3.28. The van der Waals surface area contributed by atoms with Gasteiger partial charge in [0.1, 0.15) is 5.71 Å². The maximum Gasteiger partial charge on any atom is 0.416 e. The van der Waals surface area contributed by atoms with Crippen LogP contribution in [-0.4, -0.2) is 34.8 Å². The number of oxime groups is 1. The topological polar surface area (TPSA) is 67.1 Å². The number of nitrogens with one attached hydrogen (secondary N) is 1. The Bertz CT molecular complexity index is 967.